The number of nitrogens with one attached hydrogen (secondary N) is 1. The number of benzene rings is 1. The van der Waals surface area contributed by atoms with Gasteiger partial charge in [0.1, 0.15) is 23.3 Å². The first-order valence-corrected chi connectivity index (χ1v) is 7.57. The van der Waals surface area contributed by atoms with Crippen LogP contribution in [0.25, 0.3) is 0 Å². The molecule has 0 amide bonds. The maximum Gasteiger partial charge on any atom is 0.139 e. The fourth-order valence-electron chi connectivity index (χ4n) is 1.95. The number of rotatable bonds is 4. The second kappa shape index (κ2) is 6.39. The molecule has 2 aromatic rings. The summed E-state index contributed by atoms with van der Waals surface area (Å²) in [5, 5.41) is 3.22. The second-order valence-electron chi connectivity index (χ2n) is 4.95. The van der Waals surface area contributed by atoms with Gasteiger partial charge in [-0.1, -0.05) is 6.92 Å². The topological polar surface area (TPSA) is 63.8 Å². The first-order valence-electron chi connectivity index (χ1n) is 6.78. The number of aromatic nitrogens is 2. The van der Waals surface area contributed by atoms with Crippen molar-refractivity contribution < 1.29 is 4.39 Å². The Kier molecular flexibility index (Phi) is 4.77. The molecule has 0 fully saturated rings. The SMILES string of the molecule is CCCc1nc(N)c(C)c(Nc2cc(Br)c(F)cc2C)n1. The van der Waals surface area contributed by atoms with Crippen LogP contribution in [0.5, 0.6) is 0 Å². The molecule has 112 valence electrons. The van der Waals surface area contributed by atoms with Crippen molar-refractivity contribution in [3.8, 4) is 0 Å². The molecule has 21 heavy (non-hydrogen) atoms. The summed E-state index contributed by atoms with van der Waals surface area (Å²) in [6, 6.07) is 3.17. The lowest BCUT2D eigenvalue weighted by Crippen LogP contribution is -2.07. The molecule has 0 saturated carbocycles. The Balaban J connectivity index is 2.41. The van der Waals surface area contributed by atoms with Gasteiger partial charge in [0.25, 0.3) is 0 Å². The number of aryl methyl sites for hydroxylation is 2. The van der Waals surface area contributed by atoms with Crippen LogP contribution in [0.2, 0.25) is 0 Å². The van der Waals surface area contributed by atoms with Crippen molar-refractivity contribution in [2.45, 2.75) is 33.6 Å². The summed E-state index contributed by atoms with van der Waals surface area (Å²) in [4.78, 5) is 8.78. The third kappa shape index (κ3) is 3.50. The first kappa shape index (κ1) is 15.7. The van der Waals surface area contributed by atoms with Crippen molar-refractivity contribution in [3.63, 3.8) is 0 Å². The highest BCUT2D eigenvalue weighted by Crippen LogP contribution is 2.28. The average molecular weight is 353 g/mol. The lowest BCUT2D eigenvalue weighted by molar-refractivity contribution is 0.620. The quantitative estimate of drug-likeness (QED) is 0.862. The monoisotopic (exact) mass is 352 g/mol. The van der Waals surface area contributed by atoms with E-state index in [-0.39, 0.29) is 5.82 Å². The zero-order valence-electron chi connectivity index (χ0n) is 12.3. The van der Waals surface area contributed by atoms with Gasteiger partial charge in [-0.2, -0.15) is 0 Å². The Morgan fingerprint density at radius 3 is 2.67 bits per heavy atom. The molecular weight excluding hydrogens is 335 g/mol. The zero-order valence-corrected chi connectivity index (χ0v) is 13.9. The van der Waals surface area contributed by atoms with Gasteiger partial charge in [0, 0.05) is 17.7 Å². The van der Waals surface area contributed by atoms with Crippen molar-refractivity contribution in [1.29, 1.82) is 0 Å². The highest BCUT2D eigenvalue weighted by atomic mass is 79.9. The fraction of sp³-hybridized carbons (Fsp3) is 0.333. The van der Waals surface area contributed by atoms with Crippen molar-refractivity contribution in [2.75, 3.05) is 11.1 Å². The van der Waals surface area contributed by atoms with Crippen LogP contribution in [0.4, 0.5) is 21.7 Å². The smallest absolute Gasteiger partial charge is 0.139 e. The molecule has 0 unspecified atom stereocenters. The number of hydrogen-bond acceptors (Lipinski definition) is 4. The Labute approximate surface area is 132 Å². The summed E-state index contributed by atoms with van der Waals surface area (Å²) >= 11 is 3.19. The number of halogens is 2. The highest BCUT2D eigenvalue weighted by molar-refractivity contribution is 9.10. The van der Waals surface area contributed by atoms with Crippen molar-refractivity contribution >= 4 is 33.3 Å². The Morgan fingerprint density at radius 2 is 2.00 bits per heavy atom. The predicted molar refractivity (Wildman–Crippen MR) is 87.3 cm³/mol. The van der Waals surface area contributed by atoms with Gasteiger partial charge in [-0.25, -0.2) is 14.4 Å². The van der Waals surface area contributed by atoms with E-state index >= 15 is 0 Å². The molecule has 0 spiro atoms. The van der Waals surface area contributed by atoms with Gasteiger partial charge in [-0.15, -0.1) is 0 Å². The maximum absolute atomic E-state index is 13.5. The molecule has 0 atom stereocenters. The Morgan fingerprint density at radius 1 is 1.29 bits per heavy atom. The second-order valence-corrected chi connectivity index (χ2v) is 5.81. The lowest BCUT2D eigenvalue weighted by atomic mass is 10.2. The Hall–Kier alpha value is -1.69. The van der Waals surface area contributed by atoms with Gasteiger partial charge in [-0.05, 0) is 53.9 Å². The van der Waals surface area contributed by atoms with E-state index in [1.165, 1.54) is 6.07 Å². The summed E-state index contributed by atoms with van der Waals surface area (Å²) in [5.41, 5.74) is 8.30. The van der Waals surface area contributed by atoms with E-state index in [0.29, 0.717) is 21.9 Å². The minimum absolute atomic E-state index is 0.288. The summed E-state index contributed by atoms with van der Waals surface area (Å²) in [6.45, 7) is 5.76. The molecule has 6 heteroatoms. The number of anilines is 3. The molecule has 4 nitrogen and oxygen atoms in total. The van der Waals surface area contributed by atoms with Gasteiger partial charge in [-0.3, -0.25) is 0 Å². The molecule has 0 aliphatic heterocycles. The van der Waals surface area contributed by atoms with Crippen LogP contribution in [-0.4, -0.2) is 9.97 Å². The van der Waals surface area contributed by atoms with Gasteiger partial charge in [0.2, 0.25) is 0 Å². The lowest BCUT2D eigenvalue weighted by Gasteiger charge is -2.14. The molecule has 2 rings (SSSR count). The summed E-state index contributed by atoms with van der Waals surface area (Å²) in [7, 11) is 0. The molecule has 0 aliphatic carbocycles. The molecule has 1 heterocycles. The minimum atomic E-state index is -0.288. The standard InChI is InChI=1S/C15H18BrFN4/c1-4-5-13-20-14(18)9(3)15(21-13)19-12-7-10(16)11(17)6-8(12)2/h6-7H,4-5H2,1-3H3,(H3,18,19,20,21). The van der Waals surface area contributed by atoms with E-state index < -0.39 is 0 Å². The molecule has 3 N–H and O–H groups in total. The van der Waals surface area contributed by atoms with Crippen LogP contribution >= 0.6 is 15.9 Å². The number of nitrogens with two attached hydrogens (primary N) is 1. The molecular formula is C15H18BrFN4. The van der Waals surface area contributed by atoms with Crippen LogP contribution in [-0.2, 0) is 6.42 Å². The van der Waals surface area contributed by atoms with Gasteiger partial charge >= 0.3 is 0 Å². The fourth-order valence-corrected chi connectivity index (χ4v) is 2.29. The number of nitrogens with zero attached hydrogens (tertiary/aromatic N) is 2. The zero-order chi connectivity index (χ0) is 15.6. The molecule has 0 saturated heterocycles. The van der Waals surface area contributed by atoms with E-state index in [1.807, 2.05) is 13.8 Å². The highest BCUT2D eigenvalue weighted by Gasteiger charge is 2.11. The molecule has 0 radical (unpaired) electrons. The summed E-state index contributed by atoms with van der Waals surface area (Å²) in [6.07, 6.45) is 1.72. The van der Waals surface area contributed by atoms with Crippen LogP contribution < -0.4 is 11.1 Å². The third-order valence-electron chi connectivity index (χ3n) is 3.22. The van der Waals surface area contributed by atoms with Crippen LogP contribution in [0.15, 0.2) is 16.6 Å². The molecule has 1 aromatic carbocycles. The summed E-state index contributed by atoms with van der Waals surface area (Å²) < 4.78 is 13.9. The average Bonchev–Trinajstić information content (AvgIpc) is 2.42. The first-order chi connectivity index (χ1) is 9.92. The predicted octanol–water partition coefficient (Wildman–Crippen LogP) is 4.27. The van der Waals surface area contributed by atoms with E-state index in [1.54, 1.807) is 6.07 Å². The van der Waals surface area contributed by atoms with Gasteiger partial charge in [0.05, 0.1) is 4.47 Å². The number of hydrogen-bond donors (Lipinski definition) is 2. The third-order valence-corrected chi connectivity index (χ3v) is 3.83. The molecule has 1 aromatic heterocycles. The minimum Gasteiger partial charge on any atom is -0.383 e. The van der Waals surface area contributed by atoms with Crippen LogP contribution in [0, 0.1) is 19.7 Å². The molecule has 0 bridgehead atoms. The van der Waals surface area contributed by atoms with Gasteiger partial charge < -0.3 is 11.1 Å². The van der Waals surface area contributed by atoms with Crippen molar-refractivity contribution in [1.82, 2.24) is 9.97 Å². The van der Waals surface area contributed by atoms with E-state index in [4.69, 9.17) is 5.73 Å². The maximum atomic E-state index is 13.5. The van der Waals surface area contributed by atoms with E-state index in [2.05, 4.69) is 38.1 Å². The van der Waals surface area contributed by atoms with E-state index in [0.717, 1.165) is 29.7 Å². The van der Waals surface area contributed by atoms with Gasteiger partial charge in [0.15, 0.2) is 0 Å². The normalized spacial score (nSPS) is 10.7. The van der Waals surface area contributed by atoms with Crippen molar-refractivity contribution in [3.05, 3.63) is 39.4 Å². The van der Waals surface area contributed by atoms with Crippen LogP contribution in [0.3, 0.4) is 0 Å². The largest absolute Gasteiger partial charge is 0.383 e. The molecule has 0 aliphatic rings. The van der Waals surface area contributed by atoms with Crippen molar-refractivity contribution in [2.24, 2.45) is 0 Å². The summed E-state index contributed by atoms with van der Waals surface area (Å²) in [5.74, 6) is 1.55. The van der Waals surface area contributed by atoms with Crippen LogP contribution in [0.1, 0.15) is 30.3 Å². The Bertz CT molecular complexity index is 673. The number of nitrogen functional groups attached to an aromatic ring is 1. The van der Waals surface area contributed by atoms with E-state index in [9.17, 15) is 4.39 Å².